The van der Waals surface area contributed by atoms with Crippen LogP contribution in [0.25, 0.3) is 0 Å². The number of nitrogens with two attached hydrogens (primary N) is 1. The van der Waals surface area contributed by atoms with Crippen LogP contribution in [0.2, 0.25) is 19.6 Å². The van der Waals surface area contributed by atoms with Crippen molar-refractivity contribution in [1.29, 1.82) is 0 Å². The predicted octanol–water partition coefficient (Wildman–Crippen LogP) is 1.78. The largest absolute Gasteiger partial charge is 0.478 e. The number of benzene rings is 1. The summed E-state index contributed by atoms with van der Waals surface area (Å²) >= 11 is 0. The number of hydrogen-bond donors (Lipinski definition) is 3. The molecule has 0 radical (unpaired) electrons. The van der Waals surface area contributed by atoms with E-state index in [1.807, 2.05) is 19.6 Å². The Balaban J connectivity index is 0.000000336. The number of rotatable bonds is 1. The predicted molar refractivity (Wildman–Crippen MR) is 63.4 cm³/mol. The molecule has 0 bridgehead atoms. The molecule has 0 aliphatic rings. The quantitative estimate of drug-likeness (QED) is 0.504. The molecule has 0 aromatic heterocycles. The first-order chi connectivity index (χ1) is 6.72. The van der Waals surface area contributed by atoms with E-state index in [1.165, 1.54) is 6.07 Å². The van der Waals surface area contributed by atoms with Gasteiger partial charge >= 0.3 is 5.97 Å². The monoisotopic (exact) mass is 227 g/mol. The number of carboxylic acid groups (broad SMARTS) is 1. The van der Waals surface area contributed by atoms with Gasteiger partial charge in [0.1, 0.15) is 0 Å². The molecule has 15 heavy (non-hydrogen) atoms. The molecule has 0 heterocycles. The smallest absolute Gasteiger partial charge is 0.337 e. The fourth-order valence-corrected chi connectivity index (χ4v) is 0.692. The Morgan fingerprint density at radius 2 is 1.67 bits per heavy atom. The maximum Gasteiger partial charge on any atom is 0.337 e. The lowest BCUT2D eigenvalue weighted by Gasteiger charge is -2.00. The van der Waals surface area contributed by atoms with Crippen molar-refractivity contribution < 1.29 is 14.7 Å². The molecule has 1 aromatic carbocycles. The van der Waals surface area contributed by atoms with Crippen molar-refractivity contribution >= 4 is 20.0 Å². The third-order valence-electron chi connectivity index (χ3n) is 1.19. The molecule has 1 rings (SSSR count). The second-order valence-electron chi connectivity index (χ2n) is 4.06. The number of anilines is 1. The Morgan fingerprint density at radius 1 is 1.27 bits per heavy atom. The SMILES string of the molecule is C[Si](C)(C)O.Nc1ccccc1C(=O)O. The van der Waals surface area contributed by atoms with Crippen LogP contribution in [0, 0.1) is 0 Å². The minimum Gasteiger partial charge on any atom is -0.478 e. The number of hydrogen-bond acceptors (Lipinski definition) is 3. The highest BCUT2D eigenvalue weighted by Crippen LogP contribution is 2.08. The highest BCUT2D eigenvalue weighted by atomic mass is 28.4. The molecule has 0 spiro atoms. The molecule has 0 aliphatic carbocycles. The number of para-hydroxylation sites is 1. The molecule has 0 fully saturated rings. The van der Waals surface area contributed by atoms with E-state index in [0.29, 0.717) is 5.69 Å². The Kier molecular flexibility index (Phi) is 5.03. The highest BCUT2D eigenvalue weighted by molar-refractivity contribution is 6.68. The van der Waals surface area contributed by atoms with E-state index in [1.54, 1.807) is 18.2 Å². The lowest BCUT2D eigenvalue weighted by molar-refractivity contribution is 0.0698. The van der Waals surface area contributed by atoms with E-state index in [-0.39, 0.29) is 5.56 Å². The summed E-state index contributed by atoms with van der Waals surface area (Å²) in [4.78, 5) is 19.0. The summed E-state index contributed by atoms with van der Waals surface area (Å²) in [7, 11) is -1.61. The van der Waals surface area contributed by atoms with Crippen LogP contribution in [0.3, 0.4) is 0 Å². The Bertz CT molecular complexity index is 328. The van der Waals surface area contributed by atoms with Gasteiger partial charge in [-0.3, -0.25) is 0 Å². The first-order valence-electron chi connectivity index (χ1n) is 4.52. The zero-order valence-corrected chi connectivity index (χ0v) is 10.2. The fourth-order valence-electron chi connectivity index (χ4n) is 0.692. The maximum atomic E-state index is 10.3. The third kappa shape index (κ3) is 7.72. The standard InChI is InChI=1S/C7H7NO2.C3H10OSi/c8-6-4-2-1-3-5(6)7(9)10;1-5(2,3)4/h1-4H,8H2,(H,9,10);4H,1-3H3. The van der Waals surface area contributed by atoms with E-state index >= 15 is 0 Å². The summed E-state index contributed by atoms with van der Waals surface area (Å²) < 4.78 is 0. The van der Waals surface area contributed by atoms with Crippen molar-refractivity contribution in [3.05, 3.63) is 29.8 Å². The molecule has 0 saturated heterocycles. The maximum absolute atomic E-state index is 10.3. The lowest BCUT2D eigenvalue weighted by atomic mass is 10.2. The second-order valence-corrected chi connectivity index (χ2v) is 8.40. The van der Waals surface area contributed by atoms with Gasteiger partial charge in [0, 0.05) is 5.69 Å². The van der Waals surface area contributed by atoms with Crippen LogP contribution in [0.1, 0.15) is 10.4 Å². The van der Waals surface area contributed by atoms with E-state index in [4.69, 9.17) is 15.6 Å². The summed E-state index contributed by atoms with van der Waals surface area (Å²) in [5.41, 5.74) is 5.80. The average Bonchev–Trinajstić information content (AvgIpc) is 2.01. The molecule has 0 amide bonds. The molecule has 4 nitrogen and oxygen atoms in total. The van der Waals surface area contributed by atoms with Gasteiger partial charge in [-0.2, -0.15) is 0 Å². The van der Waals surface area contributed by atoms with Crippen molar-refractivity contribution in [3.8, 4) is 0 Å². The molecule has 4 N–H and O–H groups in total. The van der Waals surface area contributed by atoms with Crippen molar-refractivity contribution in [1.82, 2.24) is 0 Å². The van der Waals surface area contributed by atoms with Crippen LogP contribution < -0.4 is 5.73 Å². The molecule has 5 heteroatoms. The van der Waals surface area contributed by atoms with Crippen LogP contribution in [-0.2, 0) is 0 Å². The van der Waals surface area contributed by atoms with Crippen LogP contribution in [-0.4, -0.2) is 24.2 Å². The molecule has 1 aromatic rings. The fraction of sp³-hybridized carbons (Fsp3) is 0.300. The van der Waals surface area contributed by atoms with E-state index < -0.39 is 14.3 Å². The Hall–Kier alpha value is -1.33. The second kappa shape index (κ2) is 5.52. The van der Waals surface area contributed by atoms with Gasteiger partial charge in [-0.05, 0) is 31.8 Å². The molecule has 0 unspecified atom stereocenters. The van der Waals surface area contributed by atoms with Gasteiger partial charge in [0.25, 0.3) is 0 Å². The topological polar surface area (TPSA) is 83.5 Å². The average molecular weight is 227 g/mol. The molecule has 0 aliphatic heterocycles. The van der Waals surface area contributed by atoms with E-state index in [0.717, 1.165) is 0 Å². The summed E-state index contributed by atoms with van der Waals surface area (Å²) in [6.07, 6.45) is 0. The Morgan fingerprint density at radius 3 is 1.93 bits per heavy atom. The van der Waals surface area contributed by atoms with E-state index in [2.05, 4.69) is 0 Å². The van der Waals surface area contributed by atoms with Gasteiger partial charge in [0.2, 0.25) is 0 Å². The molecule has 84 valence electrons. The van der Waals surface area contributed by atoms with Crippen molar-refractivity contribution in [2.45, 2.75) is 19.6 Å². The number of carbonyl (C=O) groups is 1. The van der Waals surface area contributed by atoms with Crippen molar-refractivity contribution in [2.75, 3.05) is 5.73 Å². The van der Waals surface area contributed by atoms with Crippen molar-refractivity contribution in [2.24, 2.45) is 0 Å². The number of aromatic carboxylic acids is 1. The molecule has 0 saturated carbocycles. The van der Waals surface area contributed by atoms with Gasteiger partial charge in [-0.15, -0.1) is 0 Å². The number of carboxylic acids is 1. The van der Waals surface area contributed by atoms with Gasteiger partial charge < -0.3 is 15.6 Å². The lowest BCUT2D eigenvalue weighted by Crippen LogP contribution is -2.17. The van der Waals surface area contributed by atoms with Gasteiger partial charge in [-0.25, -0.2) is 4.79 Å². The molecule has 0 atom stereocenters. The summed E-state index contributed by atoms with van der Waals surface area (Å²) in [6, 6.07) is 6.36. The zero-order valence-electron chi connectivity index (χ0n) is 9.19. The Labute approximate surface area is 90.5 Å². The van der Waals surface area contributed by atoms with Crippen LogP contribution in [0.4, 0.5) is 5.69 Å². The first-order valence-corrected chi connectivity index (χ1v) is 7.96. The molecular formula is C10H17NO3Si. The first kappa shape index (κ1) is 13.7. The summed E-state index contributed by atoms with van der Waals surface area (Å²) in [5.74, 6) is -0.988. The third-order valence-corrected chi connectivity index (χ3v) is 1.19. The summed E-state index contributed by atoms with van der Waals surface area (Å²) in [6.45, 7) is 5.65. The highest BCUT2D eigenvalue weighted by Gasteiger charge is 2.04. The van der Waals surface area contributed by atoms with Gasteiger partial charge in [-0.1, -0.05) is 12.1 Å². The van der Waals surface area contributed by atoms with Crippen LogP contribution >= 0.6 is 0 Å². The van der Waals surface area contributed by atoms with E-state index in [9.17, 15) is 4.79 Å². The zero-order chi connectivity index (χ0) is 12.1. The van der Waals surface area contributed by atoms with Crippen LogP contribution in [0.15, 0.2) is 24.3 Å². The normalized spacial score (nSPS) is 10.1. The molecular weight excluding hydrogens is 210 g/mol. The summed E-state index contributed by atoms with van der Waals surface area (Å²) in [5, 5.41) is 8.49. The number of nitrogen functional groups attached to an aromatic ring is 1. The minimum atomic E-state index is -1.61. The van der Waals surface area contributed by atoms with Gasteiger partial charge in [0.15, 0.2) is 8.32 Å². The van der Waals surface area contributed by atoms with Crippen molar-refractivity contribution in [3.63, 3.8) is 0 Å². The van der Waals surface area contributed by atoms with Gasteiger partial charge in [0.05, 0.1) is 5.56 Å². The minimum absolute atomic E-state index is 0.155. The van der Waals surface area contributed by atoms with Crippen LogP contribution in [0.5, 0.6) is 0 Å².